The summed E-state index contributed by atoms with van der Waals surface area (Å²) in [4.78, 5) is 49.3. The minimum atomic E-state index is -1.21. The van der Waals surface area contributed by atoms with Crippen LogP contribution in [0.15, 0.2) is 30.3 Å². The molecule has 5 atom stereocenters. The number of aliphatic carboxylic acids is 1. The van der Waals surface area contributed by atoms with Gasteiger partial charge >= 0.3 is 5.97 Å². The Bertz CT molecular complexity index is 796. The number of carboxylic acid groups (broad SMARTS) is 1. The lowest BCUT2D eigenvalue weighted by atomic mass is 10.1. The molecule has 0 saturated carbocycles. The third kappa shape index (κ3) is 10.0. The van der Waals surface area contributed by atoms with Crippen LogP contribution in [-0.2, 0) is 25.6 Å². The van der Waals surface area contributed by atoms with Gasteiger partial charge in [0.05, 0.1) is 6.10 Å². The molecule has 7 N–H and O–H groups in total. The maximum Gasteiger partial charge on any atom is 0.326 e. The predicted molar refractivity (Wildman–Crippen MR) is 130 cm³/mol. The molecule has 33 heavy (non-hydrogen) atoms. The molecule has 0 aliphatic rings. The van der Waals surface area contributed by atoms with E-state index in [1.807, 2.05) is 6.26 Å². The van der Waals surface area contributed by atoms with E-state index in [-0.39, 0.29) is 18.6 Å². The largest absolute Gasteiger partial charge is 0.480 e. The average molecular weight is 501 g/mol. The predicted octanol–water partition coefficient (Wildman–Crippen LogP) is -0.841. The van der Waals surface area contributed by atoms with Gasteiger partial charge in [-0.25, -0.2) is 4.79 Å². The highest BCUT2D eigenvalue weighted by molar-refractivity contribution is 7.98. The summed E-state index contributed by atoms with van der Waals surface area (Å²) in [7, 11) is 0. The van der Waals surface area contributed by atoms with Crippen molar-refractivity contribution in [3.05, 3.63) is 35.9 Å². The van der Waals surface area contributed by atoms with Crippen molar-refractivity contribution in [3.63, 3.8) is 0 Å². The smallest absolute Gasteiger partial charge is 0.326 e. The highest BCUT2D eigenvalue weighted by Gasteiger charge is 2.30. The molecule has 0 radical (unpaired) electrons. The Hall–Kier alpha value is -2.28. The second kappa shape index (κ2) is 14.8. The van der Waals surface area contributed by atoms with E-state index in [0.29, 0.717) is 5.75 Å². The Labute approximate surface area is 202 Å². The van der Waals surface area contributed by atoms with E-state index >= 15 is 0 Å². The van der Waals surface area contributed by atoms with Crippen molar-refractivity contribution < 1.29 is 29.4 Å². The van der Waals surface area contributed by atoms with Crippen molar-refractivity contribution in [2.24, 2.45) is 5.73 Å². The fraction of sp³-hybridized carbons (Fsp3) is 0.524. The number of carbonyl (C=O) groups excluding carboxylic acids is 3. The topological polar surface area (TPSA) is 171 Å². The van der Waals surface area contributed by atoms with Crippen LogP contribution in [0.3, 0.4) is 0 Å². The molecular weight excluding hydrogens is 468 g/mol. The number of nitrogens with two attached hydrogens (primary N) is 1. The lowest BCUT2D eigenvalue weighted by Crippen LogP contribution is -2.58. The maximum atomic E-state index is 12.8. The first-order valence-electron chi connectivity index (χ1n) is 10.3. The monoisotopic (exact) mass is 500 g/mol. The molecule has 1 aromatic rings. The van der Waals surface area contributed by atoms with E-state index in [0.717, 1.165) is 5.56 Å². The van der Waals surface area contributed by atoms with Crippen molar-refractivity contribution in [3.8, 4) is 0 Å². The second-order valence-electron chi connectivity index (χ2n) is 7.44. The number of hydrogen-bond donors (Lipinski definition) is 7. The fourth-order valence-corrected chi connectivity index (χ4v) is 3.51. The Morgan fingerprint density at radius 1 is 1.00 bits per heavy atom. The van der Waals surface area contributed by atoms with E-state index in [1.165, 1.54) is 18.7 Å². The van der Waals surface area contributed by atoms with Crippen LogP contribution >= 0.6 is 24.4 Å². The SMILES string of the molecule is CSCCC(NC(=O)C(N)C(C)O)C(=O)NC(CS)C(=O)NC(Cc1ccccc1)C(=O)O. The van der Waals surface area contributed by atoms with Crippen molar-refractivity contribution >= 4 is 48.1 Å². The van der Waals surface area contributed by atoms with Gasteiger partial charge in [-0.3, -0.25) is 14.4 Å². The fourth-order valence-electron chi connectivity index (χ4n) is 2.78. The molecule has 0 bridgehead atoms. The van der Waals surface area contributed by atoms with Gasteiger partial charge in [0.25, 0.3) is 0 Å². The molecule has 184 valence electrons. The van der Waals surface area contributed by atoms with E-state index in [1.54, 1.807) is 30.3 Å². The summed E-state index contributed by atoms with van der Waals surface area (Å²) in [5, 5.41) is 26.4. The molecule has 0 spiro atoms. The van der Waals surface area contributed by atoms with E-state index in [4.69, 9.17) is 5.73 Å². The number of aliphatic hydroxyl groups excluding tert-OH is 1. The normalized spacial score (nSPS) is 15.4. The molecule has 0 saturated heterocycles. The van der Waals surface area contributed by atoms with Crippen LogP contribution in [0.4, 0.5) is 0 Å². The summed E-state index contributed by atoms with van der Waals surface area (Å²) in [5.41, 5.74) is 6.36. The highest BCUT2D eigenvalue weighted by atomic mass is 32.2. The van der Waals surface area contributed by atoms with Gasteiger partial charge < -0.3 is 31.9 Å². The van der Waals surface area contributed by atoms with Gasteiger partial charge in [0.1, 0.15) is 24.2 Å². The Balaban J connectivity index is 2.85. The van der Waals surface area contributed by atoms with Crippen LogP contribution in [0.1, 0.15) is 18.9 Å². The van der Waals surface area contributed by atoms with Gasteiger partial charge in [-0.2, -0.15) is 24.4 Å². The first-order valence-corrected chi connectivity index (χ1v) is 12.3. The summed E-state index contributed by atoms with van der Waals surface area (Å²) in [6.45, 7) is 1.36. The number of carbonyl (C=O) groups is 4. The van der Waals surface area contributed by atoms with Crippen molar-refractivity contribution in [1.29, 1.82) is 0 Å². The number of thiol groups is 1. The first-order chi connectivity index (χ1) is 15.6. The molecule has 10 nitrogen and oxygen atoms in total. The summed E-state index contributed by atoms with van der Waals surface area (Å²) >= 11 is 5.56. The van der Waals surface area contributed by atoms with E-state index in [2.05, 4.69) is 28.6 Å². The minimum Gasteiger partial charge on any atom is -0.480 e. The Morgan fingerprint density at radius 3 is 2.06 bits per heavy atom. The summed E-state index contributed by atoms with van der Waals surface area (Å²) in [6, 6.07) is 4.28. The molecular formula is C21H32N4O6S2. The molecule has 3 amide bonds. The number of aliphatic hydroxyl groups is 1. The number of thioether (sulfide) groups is 1. The van der Waals surface area contributed by atoms with Gasteiger partial charge in [-0.1, -0.05) is 30.3 Å². The zero-order valence-electron chi connectivity index (χ0n) is 18.6. The molecule has 12 heteroatoms. The third-order valence-corrected chi connectivity index (χ3v) is 5.79. The highest BCUT2D eigenvalue weighted by Crippen LogP contribution is 2.06. The number of carboxylic acids is 1. The van der Waals surface area contributed by atoms with E-state index in [9.17, 15) is 29.4 Å². The lowest BCUT2D eigenvalue weighted by molar-refractivity contribution is -0.142. The van der Waals surface area contributed by atoms with Crippen LogP contribution < -0.4 is 21.7 Å². The molecule has 1 rings (SSSR count). The molecule has 5 unspecified atom stereocenters. The van der Waals surface area contributed by atoms with Crippen LogP contribution in [0.5, 0.6) is 0 Å². The standard InChI is InChI=1S/C21H32N4O6S2/c1-12(26)17(22)20(29)23-14(8-9-33-2)18(27)25-16(11-32)19(28)24-15(21(30)31)10-13-6-4-3-5-7-13/h3-7,12,14-17,26,32H,8-11,22H2,1-2H3,(H,23,29)(H,24,28)(H,25,27)(H,30,31). The van der Waals surface area contributed by atoms with Crippen LogP contribution in [0, 0.1) is 0 Å². The van der Waals surface area contributed by atoms with Gasteiger partial charge in [0, 0.05) is 12.2 Å². The summed E-state index contributed by atoms with van der Waals surface area (Å²) in [6.07, 6.45) is 1.06. The maximum absolute atomic E-state index is 12.8. The molecule has 0 aliphatic carbocycles. The van der Waals surface area contributed by atoms with Gasteiger partial charge in [-0.15, -0.1) is 0 Å². The summed E-state index contributed by atoms with van der Waals surface area (Å²) in [5.74, 6) is -2.82. The number of benzene rings is 1. The van der Waals surface area contributed by atoms with Crippen LogP contribution in [0.25, 0.3) is 0 Å². The zero-order chi connectivity index (χ0) is 25.0. The number of amides is 3. The number of hydrogen-bond acceptors (Lipinski definition) is 8. The molecule has 0 aromatic heterocycles. The van der Waals surface area contributed by atoms with Gasteiger partial charge in [0.15, 0.2) is 0 Å². The number of nitrogens with one attached hydrogen (secondary N) is 3. The van der Waals surface area contributed by atoms with Crippen molar-refractivity contribution in [1.82, 2.24) is 16.0 Å². The van der Waals surface area contributed by atoms with Crippen molar-refractivity contribution in [2.75, 3.05) is 17.8 Å². The van der Waals surface area contributed by atoms with Gasteiger partial charge in [-0.05, 0) is 30.9 Å². The molecule has 0 aliphatic heterocycles. The molecule has 1 aromatic carbocycles. The number of rotatable bonds is 14. The minimum absolute atomic E-state index is 0.0682. The lowest BCUT2D eigenvalue weighted by Gasteiger charge is -2.25. The van der Waals surface area contributed by atoms with Crippen molar-refractivity contribution in [2.45, 2.75) is 50.0 Å². The zero-order valence-corrected chi connectivity index (χ0v) is 20.3. The Morgan fingerprint density at radius 2 is 1.55 bits per heavy atom. The van der Waals surface area contributed by atoms with Gasteiger partial charge in [0.2, 0.25) is 17.7 Å². The van der Waals surface area contributed by atoms with E-state index < -0.39 is 54.0 Å². The first kappa shape index (κ1) is 28.8. The third-order valence-electron chi connectivity index (χ3n) is 4.78. The van der Waals surface area contributed by atoms with Crippen LogP contribution in [0.2, 0.25) is 0 Å². The Kier molecular flexibility index (Phi) is 12.9. The molecule has 0 fully saturated rings. The second-order valence-corrected chi connectivity index (χ2v) is 8.79. The summed E-state index contributed by atoms with van der Waals surface area (Å²) < 4.78 is 0. The van der Waals surface area contributed by atoms with Crippen LogP contribution in [-0.4, -0.2) is 81.9 Å². The average Bonchev–Trinajstić information content (AvgIpc) is 2.79. The molecule has 0 heterocycles. The quantitative estimate of drug-likeness (QED) is 0.162.